The Hall–Kier alpha value is -2.14. The van der Waals surface area contributed by atoms with E-state index in [1.54, 1.807) is 6.07 Å². The van der Waals surface area contributed by atoms with Crippen molar-refractivity contribution in [2.24, 2.45) is 5.84 Å². The van der Waals surface area contributed by atoms with E-state index in [2.05, 4.69) is 4.98 Å². The molecule has 0 radical (unpaired) electrons. The van der Waals surface area contributed by atoms with Crippen molar-refractivity contribution in [2.45, 2.75) is 0 Å². The number of rotatable bonds is 1. The third-order valence-electron chi connectivity index (χ3n) is 2.13. The fourth-order valence-corrected chi connectivity index (χ4v) is 1.39. The Bertz CT molecular complexity index is 524. The second kappa shape index (κ2) is 3.55. The topological polar surface area (TPSA) is 94.0 Å². The first-order chi connectivity index (χ1) is 7.22. The number of hydrogen-bond donors (Lipinski definition) is 3. The zero-order valence-electron chi connectivity index (χ0n) is 7.90. The van der Waals surface area contributed by atoms with E-state index in [0.717, 1.165) is 10.9 Å². The first-order valence-electron chi connectivity index (χ1n) is 4.38. The summed E-state index contributed by atoms with van der Waals surface area (Å²) in [5, 5.41) is 0.852. The summed E-state index contributed by atoms with van der Waals surface area (Å²) >= 11 is 0. The fraction of sp³-hybridized carbons (Fsp3) is 0. The molecule has 1 aromatic carbocycles. The third-order valence-corrected chi connectivity index (χ3v) is 2.13. The summed E-state index contributed by atoms with van der Waals surface area (Å²) < 4.78 is 0. The van der Waals surface area contributed by atoms with Crippen LogP contribution in [0.2, 0.25) is 0 Å². The molecule has 2 rings (SSSR count). The number of hydrogen-bond acceptors (Lipinski definition) is 4. The van der Waals surface area contributed by atoms with E-state index >= 15 is 0 Å². The zero-order valence-corrected chi connectivity index (χ0v) is 7.90. The first-order valence-corrected chi connectivity index (χ1v) is 4.38. The van der Waals surface area contributed by atoms with Crippen LogP contribution in [0.25, 0.3) is 10.9 Å². The Balaban J connectivity index is 2.67. The smallest absolute Gasteiger partial charge is 0.268 e. The molecule has 76 valence electrons. The van der Waals surface area contributed by atoms with Crippen LogP contribution in [0.5, 0.6) is 0 Å². The molecule has 5 nitrogen and oxygen atoms in total. The number of pyridine rings is 1. The molecule has 1 aromatic heterocycles. The van der Waals surface area contributed by atoms with Crippen LogP contribution in [0.3, 0.4) is 0 Å². The maximum Gasteiger partial charge on any atom is 0.268 e. The molecular weight excluding hydrogens is 192 g/mol. The molecule has 0 aliphatic carbocycles. The van der Waals surface area contributed by atoms with Crippen molar-refractivity contribution in [3.63, 3.8) is 0 Å². The van der Waals surface area contributed by atoms with E-state index in [4.69, 9.17) is 11.6 Å². The van der Waals surface area contributed by atoms with Gasteiger partial charge in [0.2, 0.25) is 0 Å². The van der Waals surface area contributed by atoms with Crippen LogP contribution in [-0.4, -0.2) is 10.9 Å². The first kappa shape index (κ1) is 9.42. The van der Waals surface area contributed by atoms with Gasteiger partial charge in [0.15, 0.2) is 0 Å². The van der Waals surface area contributed by atoms with Crippen molar-refractivity contribution < 1.29 is 4.79 Å². The summed E-state index contributed by atoms with van der Waals surface area (Å²) in [6.45, 7) is 0. The molecule has 0 fully saturated rings. The lowest BCUT2D eigenvalue weighted by Crippen LogP contribution is -2.30. The van der Waals surface area contributed by atoms with E-state index in [0.29, 0.717) is 0 Å². The van der Waals surface area contributed by atoms with Gasteiger partial charge in [0.1, 0.15) is 5.82 Å². The van der Waals surface area contributed by atoms with E-state index < -0.39 is 5.91 Å². The molecule has 0 bridgehead atoms. The molecule has 0 spiro atoms. The maximum atomic E-state index is 11.3. The van der Waals surface area contributed by atoms with Crippen molar-refractivity contribution in [1.82, 2.24) is 10.4 Å². The van der Waals surface area contributed by atoms with Crippen LogP contribution in [0, 0.1) is 0 Å². The molecular formula is C10H10N4O. The summed E-state index contributed by atoms with van der Waals surface area (Å²) in [5.41, 5.74) is 8.70. The Labute approximate surface area is 86.1 Å². The number of fused-ring (bicyclic) bond motifs is 1. The number of nitrogens with one attached hydrogen (secondary N) is 1. The number of anilines is 1. The number of hydrazine groups is 1. The Morgan fingerprint density at radius 2 is 2.07 bits per heavy atom. The van der Waals surface area contributed by atoms with Crippen LogP contribution in [0.15, 0.2) is 30.3 Å². The van der Waals surface area contributed by atoms with Crippen molar-refractivity contribution in [2.75, 3.05) is 5.73 Å². The lowest BCUT2D eigenvalue weighted by atomic mass is 10.1. The zero-order chi connectivity index (χ0) is 10.8. The van der Waals surface area contributed by atoms with Crippen LogP contribution < -0.4 is 17.0 Å². The van der Waals surface area contributed by atoms with Gasteiger partial charge >= 0.3 is 0 Å². The van der Waals surface area contributed by atoms with Gasteiger partial charge in [-0.3, -0.25) is 10.2 Å². The number of nitrogens with two attached hydrogens (primary N) is 2. The van der Waals surface area contributed by atoms with Crippen LogP contribution in [0.4, 0.5) is 5.82 Å². The van der Waals surface area contributed by atoms with Gasteiger partial charge in [0, 0.05) is 5.39 Å². The molecule has 5 N–H and O–H groups in total. The molecule has 0 unspecified atom stereocenters. The van der Waals surface area contributed by atoms with Gasteiger partial charge < -0.3 is 5.73 Å². The average Bonchev–Trinajstić information content (AvgIpc) is 2.27. The number of benzene rings is 1. The second-order valence-corrected chi connectivity index (χ2v) is 3.09. The Morgan fingerprint density at radius 3 is 2.80 bits per heavy atom. The van der Waals surface area contributed by atoms with Crippen LogP contribution >= 0.6 is 0 Å². The molecule has 1 heterocycles. The Kier molecular flexibility index (Phi) is 2.23. The summed E-state index contributed by atoms with van der Waals surface area (Å²) in [7, 11) is 0. The summed E-state index contributed by atoms with van der Waals surface area (Å²) in [6.07, 6.45) is 0. The highest BCUT2D eigenvalue weighted by atomic mass is 16.2. The molecule has 0 saturated heterocycles. The minimum Gasteiger partial charge on any atom is -0.383 e. The summed E-state index contributed by atoms with van der Waals surface area (Å²) in [6, 6.07) is 9.08. The molecule has 5 heteroatoms. The third kappa shape index (κ3) is 1.60. The van der Waals surface area contributed by atoms with Crippen molar-refractivity contribution >= 4 is 22.6 Å². The van der Waals surface area contributed by atoms with Crippen molar-refractivity contribution in [1.29, 1.82) is 0 Å². The monoisotopic (exact) mass is 202 g/mol. The lowest BCUT2D eigenvalue weighted by molar-refractivity contribution is 0.0954. The van der Waals surface area contributed by atoms with E-state index in [9.17, 15) is 4.79 Å². The molecule has 0 atom stereocenters. The maximum absolute atomic E-state index is 11.3. The average molecular weight is 202 g/mol. The quantitative estimate of drug-likeness (QED) is 0.355. The molecule has 0 aliphatic heterocycles. The van der Waals surface area contributed by atoms with E-state index in [-0.39, 0.29) is 11.4 Å². The molecule has 0 saturated carbocycles. The van der Waals surface area contributed by atoms with Gasteiger partial charge in [-0.1, -0.05) is 18.2 Å². The lowest BCUT2D eigenvalue weighted by Gasteiger charge is -2.05. The molecule has 2 aromatic rings. The van der Waals surface area contributed by atoms with Crippen LogP contribution in [-0.2, 0) is 0 Å². The second-order valence-electron chi connectivity index (χ2n) is 3.09. The highest BCUT2D eigenvalue weighted by molar-refractivity contribution is 6.01. The van der Waals surface area contributed by atoms with Gasteiger partial charge in [-0.05, 0) is 12.1 Å². The highest BCUT2D eigenvalue weighted by Gasteiger charge is 2.10. The summed E-state index contributed by atoms with van der Waals surface area (Å²) in [5.74, 6) is 4.77. The standard InChI is InChI=1S/C10H10N4O/c11-9-7(10(15)14-12)5-6-3-1-2-4-8(6)13-9/h1-5H,12H2,(H2,11,13)(H,14,15). The number of aromatic nitrogens is 1. The summed E-state index contributed by atoms with van der Waals surface area (Å²) in [4.78, 5) is 15.4. The Morgan fingerprint density at radius 1 is 1.33 bits per heavy atom. The van der Waals surface area contributed by atoms with Gasteiger partial charge in [0.05, 0.1) is 11.1 Å². The number of nitrogen functional groups attached to an aromatic ring is 2. The van der Waals surface area contributed by atoms with Crippen LogP contribution in [0.1, 0.15) is 10.4 Å². The van der Waals surface area contributed by atoms with E-state index in [1.807, 2.05) is 29.7 Å². The number of para-hydroxylation sites is 1. The SMILES string of the molecule is NNC(=O)c1cc2ccccc2nc1N. The minimum absolute atomic E-state index is 0.177. The predicted molar refractivity (Wildman–Crippen MR) is 57.8 cm³/mol. The van der Waals surface area contributed by atoms with Crippen molar-refractivity contribution in [3.05, 3.63) is 35.9 Å². The normalized spacial score (nSPS) is 10.2. The molecule has 0 aliphatic rings. The molecule has 1 amide bonds. The number of carbonyl (C=O) groups is 1. The van der Waals surface area contributed by atoms with Gasteiger partial charge in [0.25, 0.3) is 5.91 Å². The van der Waals surface area contributed by atoms with Gasteiger partial charge in [-0.15, -0.1) is 0 Å². The van der Waals surface area contributed by atoms with Crippen molar-refractivity contribution in [3.8, 4) is 0 Å². The van der Waals surface area contributed by atoms with Gasteiger partial charge in [-0.2, -0.15) is 0 Å². The number of carbonyl (C=O) groups excluding carboxylic acids is 1. The fourth-order valence-electron chi connectivity index (χ4n) is 1.39. The van der Waals surface area contributed by atoms with Gasteiger partial charge in [-0.25, -0.2) is 10.8 Å². The number of amides is 1. The minimum atomic E-state index is -0.439. The predicted octanol–water partition coefficient (Wildman–Crippen LogP) is 0.420. The largest absolute Gasteiger partial charge is 0.383 e. The number of nitrogens with zero attached hydrogens (tertiary/aromatic N) is 1. The molecule has 15 heavy (non-hydrogen) atoms. The van der Waals surface area contributed by atoms with E-state index in [1.165, 1.54) is 0 Å². The highest BCUT2D eigenvalue weighted by Crippen LogP contribution is 2.17.